The van der Waals surface area contributed by atoms with Gasteiger partial charge in [-0.15, -0.1) is 0 Å². The molecule has 0 aromatic heterocycles. The highest BCUT2D eigenvalue weighted by Gasteiger charge is 1.97. The molecule has 1 N–H and O–H groups in total. The zero-order chi connectivity index (χ0) is 13.9. The summed E-state index contributed by atoms with van der Waals surface area (Å²) < 4.78 is 16.4. The summed E-state index contributed by atoms with van der Waals surface area (Å²) in [5.74, 6) is 0.884. The van der Waals surface area contributed by atoms with Gasteiger partial charge in [-0.1, -0.05) is 12.1 Å². The molecule has 0 amide bonds. The largest absolute Gasteiger partial charge is 0.491 e. The second-order valence-electron chi connectivity index (χ2n) is 4.56. The van der Waals surface area contributed by atoms with Crippen LogP contribution in [0.2, 0.25) is 0 Å². The Labute approximate surface area is 116 Å². The van der Waals surface area contributed by atoms with Gasteiger partial charge in [0.05, 0.1) is 25.9 Å². The molecule has 4 nitrogen and oxygen atoms in total. The Kier molecular flexibility index (Phi) is 8.21. The maximum Gasteiger partial charge on any atom is 0.119 e. The molecule has 0 atom stereocenters. The minimum atomic E-state index is 0.259. The lowest BCUT2D eigenvalue weighted by atomic mass is 10.2. The van der Waals surface area contributed by atoms with Crippen LogP contribution in [0.1, 0.15) is 19.4 Å². The van der Waals surface area contributed by atoms with Gasteiger partial charge in [0.25, 0.3) is 0 Å². The van der Waals surface area contributed by atoms with Crippen LogP contribution in [0.5, 0.6) is 5.75 Å². The first kappa shape index (κ1) is 16.0. The average molecular weight is 267 g/mol. The molecule has 0 radical (unpaired) electrons. The number of ether oxygens (including phenoxy) is 3. The van der Waals surface area contributed by atoms with Crippen LogP contribution >= 0.6 is 0 Å². The van der Waals surface area contributed by atoms with Crippen molar-refractivity contribution < 1.29 is 14.2 Å². The van der Waals surface area contributed by atoms with Crippen molar-refractivity contribution in [2.75, 3.05) is 33.5 Å². The zero-order valence-corrected chi connectivity index (χ0v) is 12.1. The van der Waals surface area contributed by atoms with E-state index in [1.165, 1.54) is 5.56 Å². The van der Waals surface area contributed by atoms with E-state index in [9.17, 15) is 0 Å². The van der Waals surface area contributed by atoms with Crippen molar-refractivity contribution in [3.8, 4) is 5.75 Å². The molecule has 1 aromatic carbocycles. The molecule has 1 rings (SSSR count). The van der Waals surface area contributed by atoms with Crippen molar-refractivity contribution in [2.45, 2.75) is 26.5 Å². The van der Waals surface area contributed by atoms with E-state index in [4.69, 9.17) is 14.2 Å². The molecule has 0 saturated carbocycles. The van der Waals surface area contributed by atoms with E-state index in [-0.39, 0.29) is 6.10 Å². The van der Waals surface area contributed by atoms with E-state index in [0.717, 1.165) is 12.3 Å². The number of nitrogens with one attached hydrogen (secondary N) is 1. The fraction of sp³-hybridized carbons (Fsp3) is 0.600. The first-order valence-corrected chi connectivity index (χ1v) is 6.78. The van der Waals surface area contributed by atoms with Crippen molar-refractivity contribution in [1.82, 2.24) is 5.32 Å². The van der Waals surface area contributed by atoms with Crippen LogP contribution in [-0.2, 0) is 16.0 Å². The SMILES string of the molecule is CNCc1cccc(OCCOCCOC(C)C)c1. The van der Waals surface area contributed by atoms with Crippen LogP contribution in [0.25, 0.3) is 0 Å². The fourth-order valence-corrected chi connectivity index (χ4v) is 1.61. The standard InChI is InChI=1S/C15H25NO3/c1-13(2)18-9-7-17-8-10-19-15-6-4-5-14(11-15)12-16-3/h4-6,11,13,16H,7-10,12H2,1-3H3. The van der Waals surface area contributed by atoms with Gasteiger partial charge in [0, 0.05) is 6.54 Å². The van der Waals surface area contributed by atoms with E-state index >= 15 is 0 Å². The van der Waals surface area contributed by atoms with Gasteiger partial charge in [-0.05, 0) is 38.6 Å². The Morgan fingerprint density at radius 2 is 1.89 bits per heavy atom. The zero-order valence-electron chi connectivity index (χ0n) is 12.1. The molecular formula is C15H25NO3. The maximum atomic E-state index is 5.63. The molecule has 0 fully saturated rings. The molecular weight excluding hydrogens is 242 g/mol. The molecule has 0 bridgehead atoms. The third-order valence-electron chi connectivity index (χ3n) is 2.45. The third kappa shape index (κ3) is 7.82. The topological polar surface area (TPSA) is 39.7 Å². The van der Waals surface area contributed by atoms with Crippen LogP contribution in [-0.4, -0.2) is 39.6 Å². The molecule has 19 heavy (non-hydrogen) atoms. The van der Waals surface area contributed by atoms with Crippen molar-refractivity contribution in [3.05, 3.63) is 29.8 Å². The Morgan fingerprint density at radius 1 is 1.11 bits per heavy atom. The lowest BCUT2D eigenvalue weighted by Crippen LogP contribution is -2.13. The fourth-order valence-electron chi connectivity index (χ4n) is 1.61. The van der Waals surface area contributed by atoms with Crippen LogP contribution in [0.4, 0.5) is 0 Å². The molecule has 1 aromatic rings. The van der Waals surface area contributed by atoms with Crippen molar-refractivity contribution in [3.63, 3.8) is 0 Å². The normalized spacial score (nSPS) is 10.9. The summed E-state index contributed by atoms with van der Waals surface area (Å²) in [5.41, 5.74) is 1.21. The van der Waals surface area contributed by atoms with Crippen LogP contribution in [0, 0.1) is 0 Å². The smallest absolute Gasteiger partial charge is 0.119 e. The quantitative estimate of drug-likeness (QED) is 0.660. The van der Waals surface area contributed by atoms with Gasteiger partial charge in [-0.3, -0.25) is 0 Å². The predicted octanol–water partition coefficient (Wildman–Crippen LogP) is 2.23. The molecule has 0 unspecified atom stereocenters. The molecule has 0 aliphatic heterocycles. The Morgan fingerprint density at radius 3 is 2.63 bits per heavy atom. The van der Waals surface area contributed by atoms with Gasteiger partial charge in [0.2, 0.25) is 0 Å². The van der Waals surface area contributed by atoms with E-state index < -0.39 is 0 Å². The highest BCUT2D eigenvalue weighted by atomic mass is 16.5. The number of hydrogen-bond acceptors (Lipinski definition) is 4. The Bertz CT molecular complexity index is 342. The average Bonchev–Trinajstić information content (AvgIpc) is 2.38. The summed E-state index contributed by atoms with van der Waals surface area (Å²) >= 11 is 0. The Hall–Kier alpha value is -1.10. The van der Waals surface area contributed by atoms with Gasteiger partial charge < -0.3 is 19.5 Å². The molecule has 0 aliphatic carbocycles. The highest BCUT2D eigenvalue weighted by molar-refractivity contribution is 5.28. The summed E-state index contributed by atoms with van der Waals surface area (Å²) in [6.45, 7) is 7.27. The second kappa shape index (κ2) is 9.78. The van der Waals surface area contributed by atoms with Gasteiger partial charge in [-0.25, -0.2) is 0 Å². The van der Waals surface area contributed by atoms with Gasteiger partial charge in [-0.2, -0.15) is 0 Å². The summed E-state index contributed by atoms with van der Waals surface area (Å²) in [6.07, 6.45) is 0.259. The maximum absolute atomic E-state index is 5.63. The lowest BCUT2D eigenvalue weighted by molar-refractivity contribution is 0.0124. The highest BCUT2D eigenvalue weighted by Crippen LogP contribution is 2.12. The summed E-state index contributed by atoms with van der Waals surface area (Å²) in [5, 5.41) is 3.12. The molecule has 108 valence electrons. The van der Waals surface area contributed by atoms with E-state index in [2.05, 4.69) is 11.4 Å². The van der Waals surface area contributed by atoms with E-state index in [1.54, 1.807) is 0 Å². The minimum Gasteiger partial charge on any atom is -0.491 e. The molecule has 0 heterocycles. The van der Waals surface area contributed by atoms with Crippen molar-refractivity contribution in [1.29, 1.82) is 0 Å². The van der Waals surface area contributed by atoms with Crippen LogP contribution < -0.4 is 10.1 Å². The first-order valence-electron chi connectivity index (χ1n) is 6.78. The summed E-state index contributed by atoms with van der Waals surface area (Å²) in [6, 6.07) is 8.07. The van der Waals surface area contributed by atoms with Crippen LogP contribution in [0.15, 0.2) is 24.3 Å². The van der Waals surface area contributed by atoms with E-state index in [1.807, 2.05) is 39.1 Å². The number of rotatable bonds is 10. The number of benzene rings is 1. The second-order valence-corrected chi connectivity index (χ2v) is 4.56. The van der Waals surface area contributed by atoms with E-state index in [0.29, 0.717) is 26.4 Å². The monoisotopic (exact) mass is 267 g/mol. The molecule has 4 heteroatoms. The van der Waals surface area contributed by atoms with Crippen molar-refractivity contribution >= 4 is 0 Å². The van der Waals surface area contributed by atoms with Gasteiger partial charge in [0.15, 0.2) is 0 Å². The Balaban J connectivity index is 2.10. The third-order valence-corrected chi connectivity index (χ3v) is 2.45. The minimum absolute atomic E-state index is 0.259. The van der Waals surface area contributed by atoms with Gasteiger partial charge >= 0.3 is 0 Å². The molecule has 0 saturated heterocycles. The summed E-state index contributed by atoms with van der Waals surface area (Å²) in [4.78, 5) is 0. The van der Waals surface area contributed by atoms with Crippen molar-refractivity contribution in [2.24, 2.45) is 0 Å². The molecule has 0 spiro atoms. The predicted molar refractivity (Wildman–Crippen MR) is 76.6 cm³/mol. The first-order chi connectivity index (χ1) is 9.22. The molecule has 0 aliphatic rings. The van der Waals surface area contributed by atoms with Gasteiger partial charge in [0.1, 0.15) is 12.4 Å². The van der Waals surface area contributed by atoms with Crippen LogP contribution in [0.3, 0.4) is 0 Å². The number of hydrogen-bond donors (Lipinski definition) is 1. The summed E-state index contributed by atoms with van der Waals surface area (Å²) in [7, 11) is 1.93. The lowest BCUT2D eigenvalue weighted by Gasteiger charge is -2.10.